The number of amides is 2. The highest BCUT2D eigenvalue weighted by Crippen LogP contribution is 2.25. The zero-order chi connectivity index (χ0) is 22.6. The van der Waals surface area contributed by atoms with E-state index in [0.29, 0.717) is 11.1 Å². The molecule has 2 amide bonds. The summed E-state index contributed by atoms with van der Waals surface area (Å²) >= 11 is 0. The fourth-order valence-electron chi connectivity index (χ4n) is 3.39. The summed E-state index contributed by atoms with van der Waals surface area (Å²) in [6, 6.07) is 13.1. The molecule has 162 valence electrons. The highest BCUT2D eigenvalue weighted by molar-refractivity contribution is 5.98. The Kier molecular flexibility index (Phi) is 6.56. The number of phenolic OH excluding ortho intramolecular Hbond substituents is 1. The van der Waals surface area contributed by atoms with E-state index in [2.05, 4.69) is 17.2 Å². The number of ketones is 1. The zero-order valence-corrected chi connectivity index (χ0v) is 17.6. The van der Waals surface area contributed by atoms with Gasteiger partial charge in [-0.2, -0.15) is 0 Å². The van der Waals surface area contributed by atoms with E-state index in [1.807, 2.05) is 0 Å². The largest absolute Gasteiger partial charge is 0.508 e. The smallest absolute Gasteiger partial charge is 0.251 e. The van der Waals surface area contributed by atoms with Crippen molar-refractivity contribution in [1.82, 2.24) is 10.6 Å². The Balaban J connectivity index is 1.78. The third kappa shape index (κ3) is 4.83. The monoisotopic (exact) mass is 422 g/mol. The van der Waals surface area contributed by atoms with Crippen LogP contribution in [-0.2, 0) is 14.3 Å². The quantitative estimate of drug-likeness (QED) is 0.636. The second kappa shape index (κ2) is 9.14. The predicted molar refractivity (Wildman–Crippen MR) is 117 cm³/mol. The lowest BCUT2D eigenvalue weighted by molar-refractivity contribution is -0.130. The maximum Gasteiger partial charge on any atom is 0.251 e. The number of nitrogens with one attached hydrogen (secondary N) is 2. The molecule has 3 atom stereocenters. The molecule has 0 bridgehead atoms. The van der Waals surface area contributed by atoms with Crippen LogP contribution in [0.1, 0.15) is 41.3 Å². The van der Waals surface area contributed by atoms with E-state index in [0.717, 1.165) is 5.56 Å². The van der Waals surface area contributed by atoms with E-state index < -0.39 is 23.5 Å². The van der Waals surface area contributed by atoms with Crippen LogP contribution in [0.3, 0.4) is 0 Å². The second-order valence-corrected chi connectivity index (χ2v) is 7.75. The normalized spacial score (nSPS) is 21.4. The van der Waals surface area contributed by atoms with Gasteiger partial charge in [-0.05, 0) is 49.2 Å². The molecule has 2 aromatic rings. The van der Waals surface area contributed by atoms with Crippen LogP contribution in [0.5, 0.6) is 5.75 Å². The molecule has 0 saturated carbocycles. The van der Waals surface area contributed by atoms with Crippen LogP contribution in [0, 0.1) is 0 Å². The van der Waals surface area contributed by atoms with Crippen LogP contribution in [0.25, 0.3) is 6.08 Å². The number of hydrogen-bond acceptors (Lipinski definition) is 5. The van der Waals surface area contributed by atoms with Gasteiger partial charge in [-0.1, -0.05) is 36.9 Å². The summed E-state index contributed by atoms with van der Waals surface area (Å²) in [5.41, 5.74) is 0.802. The molecule has 31 heavy (non-hydrogen) atoms. The van der Waals surface area contributed by atoms with Gasteiger partial charge in [-0.25, -0.2) is 0 Å². The molecule has 1 saturated heterocycles. The Labute approximate surface area is 181 Å². The number of Topliss-reactive ketones (excluding diaryl/α,β-unsaturated/α-hetero) is 1. The molecule has 7 heteroatoms. The number of ether oxygens (including phenoxy) is 1. The van der Waals surface area contributed by atoms with Crippen molar-refractivity contribution in [3.63, 3.8) is 0 Å². The zero-order valence-electron chi connectivity index (χ0n) is 17.6. The molecule has 1 aliphatic rings. The summed E-state index contributed by atoms with van der Waals surface area (Å²) in [7, 11) is 0. The van der Waals surface area contributed by atoms with E-state index >= 15 is 0 Å². The average molecular weight is 422 g/mol. The fourth-order valence-corrected chi connectivity index (χ4v) is 3.39. The van der Waals surface area contributed by atoms with Gasteiger partial charge in [0.05, 0.1) is 12.0 Å². The molecule has 7 nitrogen and oxygen atoms in total. The van der Waals surface area contributed by atoms with E-state index in [4.69, 9.17) is 4.74 Å². The third-order valence-electron chi connectivity index (χ3n) is 5.73. The average Bonchev–Trinajstić information content (AvgIpc) is 3.01. The van der Waals surface area contributed by atoms with Gasteiger partial charge in [0.2, 0.25) is 5.91 Å². The molecule has 3 N–H and O–H groups in total. The summed E-state index contributed by atoms with van der Waals surface area (Å²) < 4.78 is 5.38. The van der Waals surface area contributed by atoms with Crippen LogP contribution < -0.4 is 10.6 Å². The van der Waals surface area contributed by atoms with Crippen LogP contribution in [0.15, 0.2) is 55.1 Å². The van der Waals surface area contributed by atoms with Gasteiger partial charge in [0, 0.05) is 12.1 Å². The molecule has 0 aromatic heterocycles. The van der Waals surface area contributed by atoms with Crippen molar-refractivity contribution in [1.29, 1.82) is 0 Å². The van der Waals surface area contributed by atoms with Gasteiger partial charge in [0.25, 0.3) is 5.91 Å². The topological polar surface area (TPSA) is 105 Å². The van der Waals surface area contributed by atoms with Crippen LogP contribution in [-0.4, -0.2) is 47.5 Å². The first-order chi connectivity index (χ1) is 14.7. The Hall–Kier alpha value is -3.45. The number of hydrogen-bond donors (Lipinski definition) is 3. The molecule has 0 aliphatic carbocycles. The summed E-state index contributed by atoms with van der Waals surface area (Å²) in [6.07, 6.45) is 1.21. The molecule has 0 spiro atoms. The van der Waals surface area contributed by atoms with Crippen molar-refractivity contribution in [2.75, 3.05) is 13.2 Å². The lowest BCUT2D eigenvalue weighted by Gasteiger charge is -2.29. The van der Waals surface area contributed by atoms with E-state index in [1.54, 1.807) is 56.3 Å². The maximum absolute atomic E-state index is 13.2. The summed E-state index contributed by atoms with van der Waals surface area (Å²) in [5, 5.41) is 15.2. The Bertz CT molecular complexity index is 984. The first kappa shape index (κ1) is 22.2. The number of benzene rings is 2. The number of carbonyl (C=O) groups excluding carboxylic acids is 3. The summed E-state index contributed by atoms with van der Waals surface area (Å²) in [5.74, 6) is -1.65. The third-order valence-corrected chi connectivity index (χ3v) is 5.73. The Morgan fingerprint density at radius 2 is 1.87 bits per heavy atom. The van der Waals surface area contributed by atoms with Gasteiger partial charge < -0.3 is 20.5 Å². The van der Waals surface area contributed by atoms with Crippen molar-refractivity contribution in [2.24, 2.45) is 0 Å². The van der Waals surface area contributed by atoms with Crippen LogP contribution >= 0.6 is 0 Å². The van der Waals surface area contributed by atoms with E-state index in [1.165, 1.54) is 12.1 Å². The van der Waals surface area contributed by atoms with Crippen molar-refractivity contribution < 1.29 is 24.2 Å². The van der Waals surface area contributed by atoms with Crippen molar-refractivity contribution in [2.45, 2.75) is 31.4 Å². The molecule has 2 aromatic carbocycles. The van der Waals surface area contributed by atoms with Crippen molar-refractivity contribution in [3.05, 3.63) is 71.8 Å². The molecule has 3 rings (SSSR count). The lowest BCUT2D eigenvalue weighted by atomic mass is 9.90. The Morgan fingerprint density at radius 3 is 2.42 bits per heavy atom. The summed E-state index contributed by atoms with van der Waals surface area (Å²) in [6.45, 7) is 7.01. The number of carbonyl (C=O) groups is 3. The molecule has 1 heterocycles. The highest BCUT2D eigenvalue weighted by Gasteiger charge is 2.47. The molecular weight excluding hydrogens is 396 g/mol. The summed E-state index contributed by atoms with van der Waals surface area (Å²) in [4.78, 5) is 38.1. The van der Waals surface area contributed by atoms with Crippen LogP contribution in [0.2, 0.25) is 0 Å². The predicted octanol–water partition coefficient (Wildman–Crippen LogP) is 2.41. The fraction of sp³-hybridized carbons (Fsp3) is 0.292. The number of rotatable bonds is 7. The Morgan fingerprint density at radius 1 is 1.23 bits per heavy atom. The van der Waals surface area contributed by atoms with Crippen molar-refractivity contribution in [3.8, 4) is 5.75 Å². The number of aromatic hydroxyl groups is 1. The standard InChI is InChI=1S/C24H26N2O5/c1-4-16-5-7-18(8-6-16)22(29)25-13-20(17-9-11-19(27)12-10-17)23(30)26-24(3)15(2)31-14-21(24)28/h4-12,15,20,27H,1,13-14H2,2-3H3,(H,25,29)(H,26,30). The second-order valence-electron chi connectivity index (χ2n) is 7.75. The maximum atomic E-state index is 13.2. The highest BCUT2D eigenvalue weighted by atomic mass is 16.5. The van der Waals surface area contributed by atoms with Gasteiger partial charge in [-0.3, -0.25) is 14.4 Å². The first-order valence-electron chi connectivity index (χ1n) is 10.0. The minimum absolute atomic E-state index is 0.0121. The minimum Gasteiger partial charge on any atom is -0.508 e. The van der Waals surface area contributed by atoms with Gasteiger partial charge >= 0.3 is 0 Å². The first-order valence-corrected chi connectivity index (χ1v) is 10.0. The van der Waals surface area contributed by atoms with Gasteiger partial charge in [0.1, 0.15) is 17.9 Å². The van der Waals surface area contributed by atoms with Crippen LogP contribution in [0.4, 0.5) is 0 Å². The molecule has 0 radical (unpaired) electrons. The van der Waals surface area contributed by atoms with E-state index in [-0.39, 0.29) is 30.6 Å². The molecule has 1 fully saturated rings. The molecule has 1 aliphatic heterocycles. The minimum atomic E-state index is -1.14. The van der Waals surface area contributed by atoms with Gasteiger partial charge in [-0.15, -0.1) is 0 Å². The molecular formula is C24H26N2O5. The SMILES string of the molecule is C=Cc1ccc(C(=O)NCC(C(=O)NC2(C)C(=O)COC2C)c2ccc(O)cc2)cc1. The van der Waals surface area contributed by atoms with Gasteiger partial charge in [0.15, 0.2) is 5.78 Å². The van der Waals surface area contributed by atoms with Crippen molar-refractivity contribution >= 4 is 23.7 Å². The lowest BCUT2D eigenvalue weighted by Crippen LogP contribution is -2.57. The molecule has 3 unspecified atom stereocenters. The van der Waals surface area contributed by atoms with E-state index in [9.17, 15) is 19.5 Å². The number of phenols is 1.